The van der Waals surface area contributed by atoms with Gasteiger partial charge in [0.25, 0.3) is 0 Å². The minimum absolute atomic E-state index is 1.22. The van der Waals surface area contributed by atoms with Gasteiger partial charge >= 0.3 is 0 Å². The standard InChI is InChI=1S/C7H15P/c1-8(2)7-5-3-4-6-7/h7H,3-6H2,1-2H3/i1D3,2D3,3D,4D,5D,6D. The molecule has 0 aliphatic heterocycles. The van der Waals surface area contributed by atoms with Crippen LogP contribution in [0.1, 0.15) is 39.3 Å². The van der Waals surface area contributed by atoms with Crippen molar-refractivity contribution in [1.82, 2.24) is 0 Å². The summed E-state index contributed by atoms with van der Waals surface area (Å²) in [4.78, 5) is 0. The molecule has 0 nitrogen and oxygen atoms in total. The summed E-state index contributed by atoms with van der Waals surface area (Å²) < 4.78 is 74.6. The molecule has 4 unspecified atom stereocenters. The van der Waals surface area contributed by atoms with Gasteiger partial charge in [0, 0.05) is 13.7 Å². The summed E-state index contributed by atoms with van der Waals surface area (Å²) in [5, 5.41) is 0. The predicted octanol–water partition coefficient (Wildman–Crippen LogP) is 2.67. The van der Waals surface area contributed by atoms with Crippen molar-refractivity contribution >= 4 is 7.92 Å². The van der Waals surface area contributed by atoms with Crippen LogP contribution < -0.4 is 0 Å². The third kappa shape index (κ3) is 1.45. The molecule has 0 N–H and O–H groups in total. The molecular formula is C7H15P. The average Bonchev–Trinajstić information content (AvgIpc) is 2.31. The Labute approximate surface area is 67.5 Å². The summed E-state index contributed by atoms with van der Waals surface area (Å²) in [5.41, 5.74) is -1.23. The fraction of sp³-hybridized carbons (Fsp3) is 1.00. The van der Waals surface area contributed by atoms with Crippen molar-refractivity contribution in [3.63, 3.8) is 0 Å². The van der Waals surface area contributed by atoms with Crippen molar-refractivity contribution in [2.75, 3.05) is 13.2 Å². The Bertz CT molecular complexity index is 270. The zero-order valence-electron chi connectivity index (χ0n) is 14.3. The molecule has 8 heavy (non-hydrogen) atoms. The number of hydrogen-bond acceptors (Lipinski definition) is 0. The Kier molecular flexibility index (Phi) is 0.484. The van der Waals surface area contributed by atoms with E-state index in [2.05, 4.69) is 0 Å². The molecule has 48 valence electrons. The Hall–Kier alpha value is 0.430. The molecule has 0 aromatic carbocycles. The van der Waals surface area contributed by atoms with Gasteiger partial charge in [0.1, 0.15) is 0 Å². The molecule has 1 aliphatic carbocycles. The lowest BCUT2D eigenvalue weighted by molar-refractivity contribution is 0.886. The molecule has 0 bridgehead atoms. The molecule has 1 saturated carbocycles. The van der Waals surface area contributed by atoms with Crippen LogP contribution in [0.25, 0.3) is 0 Å². The maximum Gasteiger partial charge on any atom is 0.0279 e. The largest absolute Gasteiger partial charge is 0.110 e. The SMILES string of the molecule is [2H]C1C([2H])C([2H])C(P(C([2H])([2H])[2H])C([2H])([2H])[2H])C1[2H]. The lowest BCUT2D eigenvalue weighted by Gasteiger charge is -2.12. The number of rotatable bonds is 1. The van der Waals surface area contributed by atoms with Crippen LogP contribution in [0.3, 0.4) is 0 Å². The lowest BCUT2D eigenvalue weighted by Crippen LogP contribution is -1.94. The molecule has 0 radical (unpaired) electrons. The van der Waals surface area contributed by atoms with Crippen LogP contribution in [0, 0.1) is 0 Å². The zero-order valence-corrected chi connectivity index (χ0v) is 5.23. The lowest BCUT2D eigenvalue weighted by atomic mass is 10.4. The third-order valence-electron chi connectivity index (χ3n) is 1.03. The molecule has 0 aromatic heterocycles. The quantitative estimate of drug-likeness (QED) is 0.491. The zero-order chi connectivity index (χ0) is 14.5. The summed E-state index contributed by atoms with van der Waals surface area (Å²) in [5.74, 6) is 0. The Morgan fingerprint density at radius 1 is 1.50 bits per heavy atom. The van der Waals surface area contributed by atoms with Crippen LogP contribution in [0.15, 0.2) is 0 Å². The van der Waals surface area contributed by atoms with E-state index in [1.165, 1.54) is 0 Å². The smallest absolute Gasteiger partial charge is 0.0279 e. The van der Waals surface area contributed by atoms with Gasteiger partial charge in [0.05, 0.1) is 0 Å². The van der Waals surface area contributed by atoms with E-state index in [1.54, 1.807) is 0 Å². The van der Waals surface area contributed by atoms with E-state index in [-0.39, 0.29) is 0 Å². The molecule has 0 spiro atoms. The highest BCUT2D eigenvalue weighted by molar-refractivity contribution is 7.56. The van der Waals surface area contributed by atoms with Crippen LogP contribution in [0.5, 0.6) is 0 Å². The second-order valence-electron chi connectivity index (χ2n) is 1.63. The molecule has 1 fully saturated rings. The fourth-order valence-electron chi connectivity index (χ4n) is 0.592. The monoisotopic (exact) mass is 140 g/mol. The van der Waals surface area contributed by atoms with Gasteiger partial charge in [-0.05, 0) is 31.6 Å². The van der Waals surface area contributed by atoms with Crippen molar-refractivity contribution in [3.05, 3.63) is 0 Å². The van der Waals surface area contributed by atoms with Crippen LogP contribution in [-0.2, 0) is 0 Å². The van der Waals surface area contributed by atoms with Gasteiger partial charge in [0.2, 0.25) is 0 Å². The van der Waals surface area contributed by atoms with Gasteiger partial charge in [-0.1, -0.05) is 12.8 Å². The van der Waals surface area contributed by atoms with E-state index in [1.807, 2.05) is 0 Å². The fourth-order valence-corrected chi connectivity index (χ4v) is 1.14. The van der Waals surface area contributed by atoms with Crippen LogP contribution in [-0.4, -0.2) is 18.8 Å². The van der Waals surface area contributed by atoms with Gasteiger partial charge in [-0.3, -0.25) is 0 Å². The molecule has 1 aliphatic rings. The highest BCUT2D eigenvalue weighted by Crippen LogP contribution is 2.42. The Balaban J connectivity index is 3.16. The van der Waals surface area contributed by atoms with E-state index in [4.69, 9.17) is 13.7 Å². The van der Waals surface area contributed by atoms with Gasteiger partial charge < -0.3 is 0 Å². The molecule has 0 aromatic rings. The van der Waals surface area contributed by atoms with E-state index in [0.717, 1.165) is 0 Å². The summed E-state index contributed by atoms with van der Waals surface area (Å²) in [6, 6.07) is 0. The van der Waals surface area contributed by atoms with Gasteiger partial charge in [-0.25, -0.2) is 0 Å². The minimum Gasteiger partial charge on any atom is -0.110 e. The highest BCUT2D eigenvalue weighted by atomic mass is 31.1. The molecule has 1 rings (SSSR count). The van der Waals surface area contributed by atoms with Crippen LogP contribution in [0.4, 0.5) is 0 Å². The Morgan fingerprint density at radius 2 is 2.12 bits per heavy atom. The second kappa shape index (κ2) is 2.82. The molecule has 0 heterocycles. The molecule has 4 atom stereocenters. The topological polar surface area (TPSA) is 0 Å². The van der Waals surface area contributed by atoms with E-state index >= 15 is 0 Å². The van der Waals surface area contributed by atoms with Crippen molar-refractivity contribution < 1.29 is 13.7 Å². The van der Waals surface area contributed by atoms with E-state index < -0.39 is 52.4 Å². The normalized spacial score (nSPS) is 87.9. The highest BCUT2D eigenvalue weighted by Gasteiger charge is 2.16. The maximum absolute atomic E-state index is 7.74. The first-order chi connectivity index (χ1) is 7.89. The molecule has 0 amide bonds. The maximum atomic E-state index is 7.74. The van der Waals surface area contributed by atoms with E-state index in [0.29, 0.717) is 0 Å². The van der Waals surface area contributed by atoms with Gasteiger partial charge in [0.15, 0.2) is 0 Å². The van der Waals surface area contributed by atoms with Crippen molar-refractivity contribution in [2.45, 2.75) is 31.2 Å². The van der Waals surface area contributed by atoms with Gasteiger partial charge in [-0.15, -0.1) is 7.92 Å². The van der Waals surface area contributed by atoms with E-state index in [9.17, 15) is 0 Å². The summed E-state index contributed by atoms with van der Waals surface area (Å²) in [6.07, 6.45) is -5.01. The Morgan fingerprint density at radius 3 is 2.62 bits per heavy atom. The van der Waals surface area contributed by atoms with Crippen molar-refractivity contribution in [1.29, 1.82) is 0 Å². The van der Waals surface area contributed by atoms with Gasteiger partial charge in [-0.2, -0.15) is 0 Å². The third-order valence-corrected chi connectivity index (χ3v) is 1.97. The average molecular weight is 140 g/mol. The number of hydrogen-bond donors (Lipinski definition) is 0. The molecule has 0 saturated heterocycles. The van der Waals surface area contributed by atoms with Crippen molar-refractivity contribution in [3.8, 4) is 0 Å². The second-order valence-corrected chi connectivity index (χ2v) is 2.97. The van der Waals surface area contributed by atoms with Crippen molar-refractivity contribution in [2.24, 2.45) is 0 Å². The summed E-state index contributed by atoms with van der Waals surface area (Å²) >= 11 is 0. The first-order valence-electron chi connectivity index (χ1n) is 7.68. The first kappa shape index (κ1) is 1.37. The molecular weight excluding hydrogens is 115 g/mol. The van der Waals surface area contributed by atoms with Crippen LogP contribution in [0.2, 0.25) is 0 Å². The predicted molar refractivity (Wildman–Crippen MR) is 41.0 cm³/mol. The first-order valence-corrected chi connectivity index (χ1v) is 3.78. The summed E-state index contributed by atoms with van der Waals surface area (Å²) in [6.45, 7) is -5.51. The molecule has 1 heteroatoms. The minimum atomic E-state index is -2.76. The van der Waals surface area contributed by atoms with Crippen LogP contribution >= 0.6 is 7.92 Å². The summed E-state index contributed by atoms with van der Waals surface area (Å²) in [7, 11) is -2.59.